The van der Waals surface area contributed by atoms with Crippen molar-refractivity contribution in [1.82, 2.24) is 30.2 Å². The van der Waals surface area contributed by atoms with Gasteiger partial charge in [0.1, 0.15) is 11.5 Å². The fourth-order valence-electron chi connectivity index (χ4n) is 4.29. The normalized spacial score (nSPS) is 19.6. The Morgan fingerprint density at radius 1 is 1.10 bits per heavy atom. The molecule has 29 heavy (non-hydrogen) atoms. The number of nitrogens with one attached hydrogen (secondary N) is 3. The number of fused-ring (bicyclic) bond motifs is 3. The van der Waals surface area contributed by atoms with Crippen LogP contribution in [0.1, 0.15) is 25.6 Å². The molecular weight excluding hydrogens is 364 g/mol. The molecule has 152 valence electrons. The minimum absolute atomic E-state index is 0.399. The number of hydrogen-bond acceptors (Lipinski definition) is 7. The summed E-state index contributed by atoms with van der Waals surface area (Å²) in [6, 6.07) is 6.70. The zero-order valence-electron chi connectivity index (χ0n) is 17.0. The second-order valence-corrected chi connectivity index (χ2v) is 8.18. The third-order valence-corrected chi connectivity index (χ3v) is 5.89. The summed E-state index contributed by atoms with van der Waals surface area (Å²) in [6.45, 7) is 10.4. The highest BCUT2D eigenvalue weighted by molar-refractivity contribution is 5.78. The highest BCUT2D eigenvalue weighted by Gasteiger charge is 2.25. The van der Waals surface area contributed by atoms with Gasteiger partial charge >= 0.3 is 0 Å². The van der Waals surface area contributed by atoms with Gasteiger partial charge in [-0.15, -0.1) is 0 Å². The van der Waals surface area contributed by atoms with E-state index in [1.807, 2.05) is 18.5 Å². The molecule has 1 saturated heterocycles. The summed E-state index contributed by atoms with van der Waals surface area (Å²) in [7, 11) is 0. The number of nitrogens with zero attached hydrogens (tertiary/aromatic N) is 5. The van der Waals surface area contributed by atoms with Crippen LogP contribution in [-0.2, 0) is 6.54 Å². The number of rotatable bonds is 4. The van der Waals surface area contributed by atoms with Crippen molar-refractivity contribution < 1.29 is 0 Å². The fourth-order valence-corrected chi connectivity index (χ4v) is 4.29. The first-order valence-corrected chi connectivity index (χ1v) is 10.5. The third kappa shape index (κ3) is 3.54. The molecule has 3 N–H and O–H groups in total. The maximum atomic E-state index is 4.84. The van der Waals surface area contributed by atoms with Crippen molar-refractivity contribution in [1.29, 1.82) is 0 Å². The Kier molecular flexibility index (Phi) is 4.81. The van der Waals surface area contributed by atoms with Crippen LogP contribution in [0.3, 0.4) is 0 Å². The van der Waals surface area contributed by atoms with E-state index in [4.69, 9.17) is 4.98 Å². The fraction of sp³-hybridized carbons (Fsp3) is 0.476. The van der Waals surface area contributed by atoms with Crippen molar-refractivity contribution in [2.24, 2.45) is 5.92 Å². The second-order valence-electron chi connectivity index (χ2n) is 8.18. The Balaban J connectivity index is 1.40. The van der Waals surface area contributed by atoms with Crippen molar-refractivity contribution in [3.8, 4) is 0 Å². The predicted molar refractivity (Wildman–Crippen MR) is 116 cm³/mol. The molecular formula is C21H28N8. The lowest BCUT2D eigenvalue weighted by Crippen LogP contribution is -2.43. The number of hydrogen-bond donors (Lipinski definition) is 3. The molecule has 0 aromatic carbocycles. The molecule has 8 heteroatoms. The molecule has 8 nitrogen and oxygen atoms in total. The summed E-state index contributed by atoms with van der Waals surface area (Å²) in [4.78, 5) is 16.3. The van der Waals surface area contributed by atoms with Crippen LogP contribution in [0, 0.1) is 5.92 Å². The number of aromatic nitrogens is 4. The quantitative estimate of drug-likeness (QED) is 0.628. The molecule has 5 rings (SSSR count). The lowest BCUT2D eigenvalue weighted by atomic mass is 10.0. The molecule has 0 aliphatic carbocycles. The molecule has 2 aliphatic heterocycles. The predicted octanol–water partition coefficient (Wildman–Crippen LogP) is 2.28. The summed E-state index contributed by atoms with van der Waals surface area (Å²) in [5.74, 6) is 1.88. The highest BCUT2D eigenvalue weighted by atomic mass is 15.2. The highest BCUT2D eigenvalue weighted by Crippen LogP contribution is 2.30. The van der Waals surface area contributed by atoms with Gasteiger partial charge in [0.15, 0.2) is 0 Å². The number of pyridine rings is 1. The van der Waals surface area contributed by atoms with E-state index in [0.29, 0.717) is 17.9 Å². The maximum absolute atomic E-state index is 4.84. The Hall–Kier alpha value is -2.71. The molecule has 5 heterocycles. The molecule has 0 bridgehead atoms. The van der Waals surface area contributed by atoms with Gasteiger partial charge in [-0.1, -0.05) is 13.8 Å². The molecule has 3 aromatic heterocycles. The summed E-state index contributed by atoms with van der Waals surface area (Å²) < 4.78 is 2.38. The Morgan fingerprint density at radius 2 is 1.97 bits per heavy atom. The average molecular weight is 393 g/mol. The molecule has 0 spiro atoms. The minimum Gasteiger partial charge on any atom is -0.368 e. The molecule has 2 aliphatic rings. The van der Waals surface area contributed by atoms with Gasteiger partial charge < -0.3 is 25.4 Å². The van der Waals surface area contributed by atoms with E-state index >= 15 is 0 Å². The van der Waals surface area contributed by atoms with Crippen LogP contribution in [0.5, 0.6) is 0 Å². The van der Waals surface area contributed by atoms with E-state index in [0.717, 1.165) is 61.8 Å². The van der Waals surface area contributed by atoms with Gasteiger partial charge in [0.25, 0.3) is 0 Å². The van der Waals surface area contributed by atoms with Crippen LogP contribution in [0.4, 0.5) is 17.5 Å². The summed E-state index contributed by atoms with van der Waals surface area (Å²) in [6.07, 6.45) is 3.83. The monoisotopic (exact) mass is 392 g/mol. The van der Waals surface area contributed by atoms with Crippen molar-refractivity contribution in [2.45, 2.75) is 26.4 Å². The van der Waals surface area contributed by atoms with Crippen molar-refractivity contribution >= 4 is 28.5 Å². The lowest BCUT2D eigenvalue weighted by molar-refractivity contribution is 0.325. The van der Waals surface area contributed by atoms with Gasteiger partial charge in [0, 0.05) is 56.5 Å². The van der Waals surface area contributed by atoms with E-state index in [9.17, 15) is 0 Å². The molecule has 1 unspecified atom stereocenters. The van der Waals surface area contributed by atoms with Crippen LogP contribution >= 0.6 is 0 Å². The van der Waals surface area contributed by atoms with E-state index in [1.54, 1.807) is 0 Å². The zero-order chi connectivity index (χ0) is 19.8. The minimum atomic E-state index is 0.399. The summed E-state index contributed by atoms with van der Waals surface area (Å²) in [5, 5.41) is 11.3. The average Bonchev–Trinajstić information content (AvgIpc) is 3.13. The zero-order valence-corrected chi connectivity index (χ0v) is 17.0. The first-order valence-electron chi connectivity index (χ1n) is 10.5. The third-order valence-electron chi connectivity index (χ3n) is 5.89. The van der Waals surface area contributed by atoms with Crippen molar-refractivity contribution in [3.63, 3.8) is 0 Å². The van der Waals surface area contributed by atoms with Crippen LogP contribution in [0.15, 0.2) is 30.6 Å². The van der Waals surface area contributed by atoms with Gasteiger partial charge in [0.2, 0.25) is 5.95 Å². The van der Waals surface area contributed by atoms with E-state index in [1.165, 1.54) is 5.69 Å². The van der Waals surface area contributed by atoms with Crippen LogP contribution in [0.25, 0.3) is 11.0 Å². The van der Waals surface area contributed by atoms with Gasteiger partial charge in [-0.25, -0.2) is 9.97 Å². The van der Waals surface area contributed by atoms with Gasteiger partial charge in [-0.2, -0.15) is 4.98 Å². The van der Waals surface area contributed by atoms with Crippen molar-refractivity contribution in [3.05, 3.63) is 36.3 Å². The first-order chi connectivity index (χ1) is 14.2. The molecule has 0 radical (unpaired) electrons. The van der Waals surface area contributed by atoms with E-state index in [2.05, 4.69) is 61.4 Å². The molecule has 3 aromatic rings. The van der Waals surface area contributed by atoms with Crippen molar-refractivity contribution in [2.75, 3.05) is 42.9 Å². The number of piperazine rings is 1. The molecule has 0 amide bonds. The Labute approximate surface area is 170 Å². The molecule has 0 saturated carbocycles. The largest absolute Gasteiger partial charge is 0.368 e. The number of anilines is 3. The Morgan fingerprint density at radius 3 is 2.72 bits per heavy atom. The van der Waals surface area contributed by atoms with E-state index in [-0.39, 0.29) is 0 Å². The van der Waals surface area contributed by atoms with Crippen LogP contribution in [-0.4, -0.2) is 52.2 Å². The topological polar surface area (TPSA) is 82.9 Å². The smallest absolute Gasteiger partial charge is 0.230 e. The standard InChI is InChI=1S/C21H28N8/c1-14(2)18-13-23-11-17-9-15-10-25-21(27-20(15)29(17)18)26-19-4-3-16(12-24-19)28-7-5-22-6-8-28/h3-4,9-10,12,14,18,22-23H,5-8,11,13H2,1-2H3,(H,24,25,26,27). The van der Waals surface area contributed by atoms with E-state index < -0.39 is 0 Å². The van der Waals surface area contributed by atoms with Crippen LogP contribution < -0.4 is 20.9 Å². The SMILES string of the molecule is CC(C)C1CNCc2cc3cnc(Nc4ccc(N5CCNCC5)cn4)nc3n21. The van der Waals surface area contributed by atoms with Gasteiger partial charge in [-0.05, 0) is 24.1 Å². The maximum Gasteiger partial charge on any atom is 0.230 e. The Bertz CT molecular complexity index is 988. The summed E-state index contributed by atoms with van der Waals surface area (Å²) in [5.41, 5.74) is 3.42. The lowest BCUT2D eigenvalue weighted by Gasteiger charge is -2.30. The van der Waals surface area contributed by atoms with Gasteiger partial charge in [0.05, 0.1) is 17.9 Å². The molecule has 1 atom stereocenters. The second kappa shape index (κ2) is 7.61. The summed E-state index contributed by atoms with van der Waals surface area (Å²) >= 11 is 0. The van der Waals surface area contributed by atoms with Gasteiger partial charge in [-0.3, -0.25) is 0 Å². The van der Waals surface area contributed by atoms with Crippen LogP contribution in [0.2, 0.25) is 0 Å². The molecule has 1 fully saturated rings. The first kappa shape index (κ1) is 18.3.